The third-order valence-electron chi connectivity index (χ3n) is 2.52. The van der Waals surface area contributed by atoms with Crippen molar-refractivity contribution in [3.05, 3.63) is 35.6 Å². The summed E-state index contributed by atoms with van der Waals surface area (Å²) in [5.41, 5.74) is 1.03. The van der Waals surface area contributed by atoms with Crippen molar-refractivity contribution < 1.29 is 4.39 Å². The molecule has 1 aromatic carbocycles. The highest BCUT2D eigenvalue weighted by Gasteiger charge is 2.12. The lowest BCUT2D eigenvalue weighted by Gasteiger charge is -2.15. The molecule has 1 heterocycles. The molecule has 0 aliphatic carbocycles. The van der Waals surface area contributed by atoms with Crippen LogP contribution in [-0.2, 0) is 0 Å². The zero-order chi connectivity index (χ0) is 9.80. The Bertz CT molecular complexity index is 293. The second-order valence-corrected chi connectivity index (χ2v) is 3.62. The largest absolute Gasteiger partial charge is 0.315 e. The van der Waals surface area contributed by atoms with Crippen LogP contribution in [0.5, 0.6) is 0 Å². The Morgan fingerprint density at radius 1 is 1.29 bits per heavy atom. The topological polar surface area (TPSA) is 24.1 Å². The third-order valence-corrected chi connectivity index (χ3v) is 2.52. The number of rotatable bonds is 1. The molecular formula is C11H15FN2. The Labute approximate surface area is 83.5 Å². The van der Waals surface area contributed by atoms with Crippen LogP contribution < -0.4 is 10.6 Å². The minimum atomic E-state index is -0.159. The molecule has 3 heteroatoms. The predicted molar refractivity (Wildman–Crippen MR) is 54.6 cm³/mol. The first kappa shape index (κ1) is 9.62. The molecule has 0 bridgehead atoms. The van der Waals surface area contributed by atoms with Crippen molar-refractivity contribution in [2.75, 3.05) is 19.6 Å². The van der Waals surface area contributed by atoms with Crippen molar-refractivity contribution in [3.8, 4) is 0 Å². The number of nitrogens with one attached hydrogen (secondary N) is 2. The van der Waals surface area contributed by atoms with Crippen LogP contribution in [0, 0.1) is 5.82 Å². The van der Waals surface area contributed by atoms with Crippen LogP contribution in [0.15, 0.2) is 24.3 Å². The normalized spacial score (nSPS) is 23.1. The van der Waals surface area contributed by atoms with Crippen LogP contribution in [-0.4, -0.2) is 19.6 Å². The van der Waals surface area contributed by atoms with E-state index in [0.29, 0.717) is 0 Å². The van der Waals surface area contributed by atoms with Crippen LogP contribution in [0.3, 0.4) is 0 Å². The highest BCUT2D eigenvalue weighted by Crippen LogP contribution is 2.14. The summed E-state index contributed by atoms with van der Waals surface area (Å²) in [5, 5.41) is 6.73. The van der Waals surface area contributed by atoms with E-state index in [0.717, 1.165) is 31.6 Å². The SMILES string of the molecule is Fc1cccc(C2CNCCCN2)c1. The smallest absolute Gasteiger partial charge is 0.123 e. The Hall–Kier alpha value is -0.930. The summed E-state index contributed by atoms with van der Waals surface area (Å²) in [4.78, 5) is 0. The Morgan fingerprint density at radius 3 is 3.07 bits per heavy atom. The van der Waals surface area contributed by atoms with E-state index in [1.165, 1.54) is 6.07 Å². The molecule has 1 fully saturated rings. The standard InChI is InChI=1S/C11H15FN2/c12-10-4-1-3-9(7-10)11-8-13-5-2-6-14-11/h1,3-4,7,11,13-14H,2,5-6,8H2. The highest BCUT2D eigenvalue weighted by molar-refractivity contribution is 5.20. The molecular weight excluding hydrogens is 179 g/mol. The lowest BCUT2D eigenvalue weighted by Crippen LogP contribution is -2.27. The van der Waals surface area contributed by atoms with Gasteiger partial charge in [0, 0.05) is 12.6 Å². The average Bonchev–Trinajstić information content (AvgIpc) is 2.45. The fraction of sp³-hybridized carbons (Fsp3) is 0.455. The zero-order valence-electron chi connectivity index (χ0n) is 8.09. The van der Waals surface area contributed by atoms with Crippen LogP contribution in [0.4, 0.5) is 4.39 Å². The molecule has 2 N–H and O–H groups in total. The summed E-state index contributed by atoms with van der Waals surface area (Å²) in [6.07, 6.45) is 1.13. The predicted octanol–water partition coefficient (Wildman–Crippen LogP) is 1.45. The van der Waals surface area contributed by atoms with Gasteiger partial charge in [0.05, 0.1) is 0 Å². The van der Waals surface area contributed by atoms with E-state index in [-0.39, 0.29) is 11.9 Å². The van der Waals surface area contributed by atoms with E-state index < -0.39 is 0 Å². The summed E-state index contributed by atoms with van der Waals surface area (Å²) >= 11 is 0. The molecule has 0 radical (unpaired) electrons. The molecule has 0 aromatic heterocycles. The van der Waals surface area contributed by atoms with Gasteiger partial charge in [-0.25, -0.2) is 4.39 Å². The molecule has 0 amide bonds. The lowest BCUT2D eigenvalue weighted by molar-refractivity contribution is 0.545. The number of halogens is 1. The molecule has 1 aliphatic heterocycles. The monoisotopic (exact) mass is 194 g/mol. The summed E-state index contributed by atoms with van der Waals surface area (Å²) in [7, 11) is 0. The maximum Gasteiger partial charge on any atom is 0.123 e. The molecule has 0 saturated carbocycles. The van der Waals surface area contributed by atoms with Gasteiger partial charge in [0.15, 0.2) is 0 Å². The van der Waals surface area contributed by atoms with Crippen molar-refractivity contribution >= 4 is 0 Å². The third kappa shape index (κ3) is 2.30. The second-order valence-electron chi connectivity index (χ2n) is 3.62. The van der Waals surface area contributed by atoms with E-state index >= 15 is 0 Å². The summed E-state index contributed by atoms with van der Waals surface area (Å²) in [6, 6.07) is 7.05. The molecule has 2 rings (SSSR count). The van der Waals surface area contributed by atoms with E-state index in [9.17, 15) is 4.39 Å². The van der Waals surface area contributed by atoms with Gasteiger partial charge in [-0.3, -0.25) is 0 Å². The number of hydrogen-bond acceptors (Lipinski definition) is 2. The van der Waals surface area contributed by atoms with Crippen LogP contribution in [0.1, 0.15) is 18.0 Å². The zero-order valence-corrected chi connectivity index (χ0v) is 8.09. The molecule has 0 spiro atoms. The minimum Gasteiger partial charge on any atom is -0.315 e. The summed E-state index contributed by atoms with van der Waals surface area (Å²) < 4.78 is 13.0. The highest BCUT2D eigenvalue weighted by atomic mass is 19.1. The van der Waals surface area contributed by atoms with E-state index in [4.69, 9.17) is 0 Å². The quantitative estimate of drug-likeness (QED) is 0.707. The molecule has 14 heavy (non-hydrogen) atoms. The van der Waals surface area contributed by atoms with Gasteiger partial charge >= 0.3 is 0 Å². The maximum absolute atomic E-state index is 13.0. The van der Waals surface area contributed by atoms with Crippen molar-refractivity contribution in [1.29, 1.82) is 0 Å². The average molecular weight is 194 g/mol. The summed E-state index contributed by atoms with van der Waals surface area (Å²) in [5.74, 6) is -0.159. The number of benzene rings is 1. The minimum absolute atomic E-state index is 0.159. The molecule has 1 aliphatic rings. The fourth-order valence-corrected chi connectivity index (χ4v) is 1.77. The first-order chi connectivity index (χ1) is 6.86. The van der Waals surface area contributed by atoms with Crippen molar-refractivity contribution in [2.24, 2.45) is 0 Å². The first-order valence-electron chi connectivity index (χ1n) is 5.06. The van der Waals surface area contributed by atoms with Crippen LogP contribution in [0.2, 0.25) is 0 Å². The number of hydrogen-bond donors (Lipinski definition) is 2. The van der Waals surface area contributed by atoms with E-state index in [2.05, 4.69) is 10.6 Å². The van der Waals surface area contributed by atoms with E-state index in [1.54, 1.807) is 12.1 Å². The lowest BCUT2D eigenvalue weighted by atomic mass is 10.1. The van der Waals surface area contributed by atoms with Gasteiger partial charge in [0.25, 0.3) is 0 Å². The van der Waals surface area contributed by atoms with Gasteiger partial charge < -0.3 is 10.6 Å². The van der Waals surface area contributed by atoms with Gasteiger partial charge in [-0.1, -0.05) is 12.1 Å². The second kappa shape index (κ2) is 4.53. The van der Waals surface area contributed by atoms with Crippen LogP contribution in [0.25, 0.3) is 0 Å². The summed E-state index contributed by atoms with van der Waals surface area (Å²) in [6.45, 7) is 2.91. The first-order valence-corrected chi connectivity index (χ1v) is 5.06. The van der Waals surface area contributed by atoms with Gasteiger partial charge in [-0.2, -0.15) is 0 Å². The van der Waals surface area contributed by atoms with Gasteiger partial charge in [-0.15, -0.1) is 0 Å². The Kier molecular flexibility index (Phi) is 3.11. The van der Waals surface area contributed by atoms with Crippen molar-refractivity contribution in [3.63, 3.8) is 0 Å². The van der Waals surface area contributed by atoms with Gasteiger partial charge in [-0.05, 0) is 37.2 Å². The molecule has 1 atom stereocenters. The van der Waals surface area contributed by atoms with Gasteiger partial charge in [0.2, 0.25) is 0 Å². The molecule has 1 saturated heterocycles. The molecule has 1 unspecified atom stereocenters. The molecule has 76 valence electrons. The van der Waals surface area contributed by atoms with Crippen molar-refractivity contribution in [2.45, 2.75) is 12.5 Å². The molecule has 2 nitrogen and oxygen atoms in total. The van der Waals surface area contributed by atoms with Crippen molar-refractivity contribution in [1.82, 2.24) is 10.6 Å². The fourth-order valence-electron chi connectivity index (χ4n) is 1.77. The van der Waals surface area contributed by atoms with E-state index in [1.807, 2.05) is 6.07 Å². The Morgan fingerprint density at radius 2 is 2.21 bits per heavy atom. The van der Waals surface area contributed by atoms with Crippen LogP contribution >= 0.6 is 0 Å². The molecule has 1 aromatic rings. The van der Waals surface area contributed by atoms with Gasteiger partial charge in [0.1, 0.15) is 5.82 Å². The maximum atomic E-state index is 13.0. The Balaban J connectivity index is 2.12.